The molecule has 9 nitrogen and oxygen atoms in total. The third kappa shape index (κ3) is 4.79. The molecule has 27 heavy (non-hydrogen) atoms. The van der Waals surface area contributed by atoms with Crippen molar-refractivity contribution in [1.29, 1.82) is 5.26 Å². The summed E-state index contributed by atoms with van der Waals surface area (Å²) in [5.74, 6) is -1.43. The smallest absolute Gasteiger partial charge is 0.339 e. The van der Waals surface area contributed by atoms with Crippen molar-refractivity contribution in [2.45, 2.75) is 13.0 Å². The second kappa shape index (κ2) is 8.44. The van der Waals surface area contributed by atoms with Gasteiger partial charge in [-0.2, -0.15) is 5.26 Å². The van der Waals surface area contributed by atoms with Crippen molar-refractivity contribution in [3.8, 4) is 6.07 Å². The van der Waals surface area contributed by atoms with E-state index in [1.807, 2.05) is 6.07 Å². The second-order valence-electron chi connectivity index (χ2n) is 5.46. The van der Waals surface area contributed by atoms with Crippen LogP contribution in [-0.4, -0.2) is 30.0 Å². The number of amides is 1. The number of hydrogen-bond donors (Lipinski definition) is 2. The molecule has 0 unspecified atom stereocenters. The van der Waals surface area contributed by atoms with Gasteiger partial charge in [0.15, 0.2) is 6.10 Å². The van der Waals surface area contributed by atoms with Gasteiger partial charge in [0.2, 0.25) is 0 Å². The monoisotopic (exact) mass is 368 g/mol. The van der Waals surface area contributed by atoms with Gasteiger partial charge in [0.25, 0.3) is 11.6 Å². The number of nitrogens with one attached hydrogen (secondary N) is 2. The molecule has 0 aromatic heterocycles. The van der Waals surface area contributed by atoms with Gasteiger partial charge in [0, 0.05) is 18.8 Å². The summed E-state index contributed by atoms with van der Waals surface area (Å²) in [5, 5.41) is 25.0. The molecule has 138 valence electrons. The lowest BCUT2D eigenvalue weighted by molar-refractivity contribution is -0.384. The molecule has 0 saturated carbocycles. The van der Waals surface area contributed by atoms with Crippen molar-refractivity contribution >= 4 is 28.9 Å². The Morgan fingerprint density at radius 2 is 1.89 bits per heavy atom. The summed E-state index contributed by atoms with van der Waals surface area (Å²) in [6.07, 6.45) is -1.13. The number of carbonyl (C=O) groups is 2. The van der Waals surface area contributed by atoms with E-state index in [2.05, 4.69) is 10.6 Å². The van der Waals surface area contributed by atoms with Crippen LogP contribution >= 0.6 is 0 Å². The number of anilines is 2. The maximum atomic E-state index is 12.2. The van der Waals surface area contributed by atoms with Gasteiger partial charge in [-0.05, 0) is 43.3 Å². The van der Waals surface area contributed by atoms with E-state index in [0.29, 0.717) is 11.3 Å². The quantitative estimate of drug-likeness (QED) is 0.455. The largest absolute Gasteiger partial charge is 0.449 e. The van der Waals surface area contributed by atoms with Crippen LogP contribution in [0.4, 0.5) is 17.1 Å². The van der Waals surface area contributed by atoms with Gasteiger partial charge in [-0.25, -0.2) is 4.79 Å². The minimum atomic E-state index is -1.13. The molecule has 0 aliphatic rings. The highest BCUT2D eigenvalue weighted by molar-refractivity contribution is 5.97. The summed E-state index contributed by atoms with van der Waals surface area (Å²) >= 11 is 0. The number of hydrogen-bond acceptors (Lipinski definition) is 7. The van der Waals surface area contributed by atoms with Gasteiger partial charge in [-0.15, -0.1) is 0 Å². The standard InChI is InChI=1S/C18H16N4O5/c1-11(17(23)21-14-6-3-12(10-19)4-7-14)27-18(24)13-5-8-15(20-2)16(9-13)22(25)26/h3-9,11,20H,1-2H3,(H,21,23)/t11-/m1/s1. The molecular formula is C18H16N4O5. The molecular weight excluding hydrogens is 352 g/mol. The van der Waals surface area contributed by atoms with Crippen LogP contribution in [0.15, 0.2) is 42.5 Å². The first-order chi connectivity index (χ1) is 12.8. The maximum Gasteiger partial charge on any atom is 0.339 e. The topological polar surface area (TPSA) is 134 Å². The SMILES string of the molecule is CNc1ccc(C(=O)O[C@H](C)C(=O)Nc2ccc(C#N)cc2)cc1[N+](=O)[O-]. The Kier molecular flexibility index (Phi) is 6.06. The van der Waals surface area contributed by atoms with Crippen LogP contribution in [0.3, 0.4) is 0 Å². The van der Waals surface area contributed by atoms with Crippen molar-refractivity contribution in [3.05, 3.63) is 63.7 Å². The van der Waals surface area contributed by atoms with E-state index in [-0.39, 0.29) is 16.9 Å². The summed E-state index contributed by atoms with van der Waals surface area (Å²) in [6.45, 7) is 1.38. The van der Waals surface area contributed by atoms with E-state index in [1.165, 1.54) is 38.2 Å². The molecule has 0 heterocycles. The van der Waals surface area contributed by atoms with Gasteiger partial charge in [-0.1, -0.05) is 0 Å². The Bertz CT molecular complexity index is 918. The lowest BCUT2D eigenvalue weighted by Crippen LogP contribution is -2.30. The third-order valence-electron chi connectivity index (χ3n) is 3.63. The fourth-order valence-corrected chi connectivity index (χ4v) is 2.18. The molecule has 0 radical (unpaired) electrons. The Hall–Kier alpha value is -3.93. The zero-order chi connectivity index (χ0) is 20.0. The van der Waals surface area contributed by atoms with Gasteiger partial charge in [0.05, 0.1) is 22.1 Å². The molecule has 2 rings (SSSR count). The van der Waals surface area contributed by atoms with Crippen molar-refractivity contribution in [2.24, 2.45) is 0 Å². The molecule has 2 aromatic rings. The normalized spacial score (nSPS) is 11.0. The molecule has 9 heteroatoms. The number of nitro benzene ring substituents is 1. The first-order valence-corrected chi connectivity index (χ1v) is 7.84. The van der Waals surface area contributed by atoms with E-state index in [1.54, 1.807) is 12.1 Å². The van der Waals surface area contributed by atoms with Crippen molar-refractivity contribution in [1.82, 2.24) is 0 Å². The van der Waals surface area contributed by atoms with Crippen molar-refractivity contribution < 1.29 is 19.2 Å². The van der Waals surface area contributed by atoms with E-state index < -0.39 is 22.9 Å². The highest BCUT2D eigenvalue weighted by Crippen LogP contribution is 2.25. The summed E-state index contributed by atoms with van der Waals surface area (Å²) in [6, 6.07) is 12.0. The summed E-state index contributed by atoms with van der Waals surface area (Å²) < 4.78 is 5.08. The van der Waals surface area contributed by atoms with Crippen LogP contribution in [0, 0.1) is 21.4 Å². The molecule has 0 bridgehead atoms. The molecule has 2 aromatic carbocycles. The minimum Gasteiger partial charge on any atom is -0.449 e. The first kappa shape index (κ1) is 19.4. The van der Waals surface area contributed by atoms with E-state index in [9.17, 15) is 19.7 Å². The zero-order valence-electron chi connectivity index (χ0n) is 14.6. The molecule has 0 saturated heterocycles. The fourth-order valence-electron chi connectivity index (χ4n) is 2.18. The van der Waals surface area contributed by atoms with Crippen molar-refractivity contribution in [2.75, 3.05) is 17.7 Å². The number of ether oxygens (including phenoxy) is 1. The van der Waals surface area contributed by atoms with Crippen LogP contribution < -0.4 is 10.6 Å². The first-order valence-electron chi connectivity index (χ1n) is 7.84. The number of esters is 1. The van der Waals surface area contributed by atoms with Crippen LogP contribution in [0.25, 0.3) is 0 Å². The number of nitro groups is 1. The summed E-state index contributed by atoms with van der Waals surface area (Å²) in [5.41, 5.74) is 0.818. The highest BCUT2D eigenvalue weighted by atomic mass is 16.6. The molecule has 0 spiro atoms. The van der Waals surface area contributed by atoms with Gasteiger partial charge in [0.1, 0.15) is 5.69 Å². The summed E-state index contributed by atoms with van der Waals surface area (Å²) in [7, 11) is 1.52. The Labute approximate surface area is 154 Å². The third-order valence-corrected chi connectivity index (χ3v) is 3.63. The average molecular weight is 368 g/mol. The van der Waals surface area contributed by atoms with Crippen LogP contribution in [0.5, 0.6) is 0 Å². The highest BCUT2D eigenvalue weighted by Gasteiger charge is 2.22. The predicted molar refractivity (Wildman–Crippen MR) is 97.3 cm³/mol. The number of rotatable bonds is 6. The van der Waals surface area contributed by atoms with Crippen LogP contribution in [0.1, 0.15) is 22.8 Å². The van der Waals surface area contributed by atoms with Crippen LogP contribution in [-0.2, 0) is 9.53 Å². The number of benzene rings is 2. The van der Waals surface area contributed by atoms with E-state index in [0.717, 1.165) is 6.07 Å². The molecule has 0 fully saturated rings. The van der Waals surface area contributed by atoms with Gasteiger partial charge in [-0.3, -0.25) is 14.9 Å². The molecule has 2 N–H and O–H groups in total. The van der Waals surface area contributed by atoms with E-state index >= 15 is 0 Å². The molecule has 1 amide bonds. The molecule has 1 atom stereocenters. The minimum absolute atomic E-state index is 0.0428. The van der Waals surface area contributed by atoms with Crippen molar-refractivity contribution in [3.63, 3.8) is 0 Å². The summed E-state index contributed by atoms with van der Waals surface area (Å²) in [4.78, 5) is 34.8. The van der Waals surface area contributed by atoms with Gasteiger partial charge >= 0.3 is 5.97 Å². The zero-order valence-corrected chi connectivity index (χ0v) is 14.6. The Balaban J connectivity index is 2.05. The lowest BCUT2D eigenvalue weighted by Gasteiger charge is -2.14. The Morgan fingerprint density at radius 3 is 2.44 bits per heavy atom. The molecule has 0 aliphatic heterocycles. The average Bonchev–Trinajstić information content (AvgIpc) is 2.67. The fraction of sp³-hybridized carbons (Fsp3) is 0.167. The molecule has 0 aliphatic carbocycles. The predicted octanol–water partition coefficient (Wildman–Crippen LogP) is 2.69. The maximum absolute atomic E-state index is 12.2. The lowest BCUT2D eigenvalue weighted by atomic mass is 10.1. The van der Waals surface area contributed by atoms with Gasteiger partial charge < -0.3 is 15.4 Å². The van der Waals surface area contributed by atoms with Crippen LogP contribution in [0.2, 0.25) is 0 Å². The Morgan fingerprint density at radius 1 is 1.22 bits per heavy atom. The second-order valence-corrected chi connectivity index (χ2v) is 5.46. The number of nitrogens with zero attached hydrogens (tertiary/aromatic N) is 2. The number of carbonyl (C=O) groups excluding carboxylic acids is 2. The number of nitriles is 1. The van der Waals surface area contributed by atoms with E-state index in [4.69, 9.17) is 10.00 Å².